The lowest BCUT2D eigenvalue weighted by Crippen LogP contribution is -2.36. The molecular formula is C20H24N2O4. The summed E-state index contributed by atoms with van der Waals surface area (Å²) in [5, 5.41) is 0. The van der Waals surface area contributed by atoms with Crippen LogP contribution in [0.1, 0.15) is 23.2 Å². The van der Waals surface area contributed by atoms with E-state index in [0.717, 1.165) is 16.8 Å². The predicted octanol–water partition coefficient (Wildman–Crippen LogP) is 2.67. The highest BCUT2D eigenvalue weighted by Gasteiger charge is 2.17. The lowest BCUT2D eigenvalue weighted by atomic mass is 10.1. The molecule has 0 spiro atoms. The highest BCUT2D eigenvalue weighted by atomic mass is 16.5. The van der Waals surface area contributed by atoms with Gasteiger partial charge in [-0.2, -0.15) is 0 Å². The van der Waals surface area contributed by atoms with Crippen LogP contribution in [0.2, 0.25) is 0 Å². The summed E-state index contributed by atoms with van der Waals surface area (Å²) in [4.78, 5) is 29.9. The zero-order valence-electron chi connectivity index (χ0n) is 15.4. The number of hydrogen-bond acceptors (Lipinski definition) is 5. The number of pyridine rings is 1. The Morgan fingerprint density at radius 2 is 1.96 bits per heavy atom. The van der Waals surface area contributed by atoms with Gasteiger partial charge >= 0.3 is 5.97 Å². The predicted molar refractivity (Wildman–Crippen MR) is 97.7 cm³/mol. The number of aromatic nitrogens is 1. The Morgan fingerprint density at radius 1 is 1.15 bits per heavy atom. The number of carbonyl (C=O) groups is 2. The van der Waals surface area contributed by atoms with E-state index >= 15 is 0 Å². The van der Waals surface area contributed by atoms with Gasteiger partial charge in [-0.25, -0.2) is 0 Å². The molecule has 0 aliphatic heterocycles. The number of rotatable bonds is 8. The Bertz CT molecular complexity index is 747. The molecule has 138 valence electrons. The second-order valence-electron chi connectivity index (χ2n) is 6.02. The van der Waals surface area contributed by atoms with Gasteiger partial charge in [0.25, 0.3) is 5.91 Å². The molecule has 6 nitrogen and oxygen atoms in total. The van der Waals surface area contributed by atoms with Crippen LogP contribution in [0.15, 0.2) is 42.6 Å². The SMILES string of the molecule is COC(=O)CCN(Cc1ccccn1)C(=O)COc1cc(C)ccc1C. The molecule has 0 aliphatic carbocycles. The molecule has 0 bridgehead atoms. The van der Waals surface area contributed by atoms with Crippen LogP contribution in [-0.2, 0) is 20.9 Å². The highest BCUT2D eigenvalue weighted by molar-refractivity contribution is 5.78. The fourth-order valence-electron chi connectivity index (χ4n) is 2.40. The summed E-state index contributed by atoms with van der Waals surface area (Å²) in [6.07, 6.45) is 1.80. The van der Waals surface area contributed by atoms with Crippen molar-refractivity contribution < 1.29 is 19.1 Å². The zero-order chi connectivity index (χ0) is 18.9. The number of nitrogens with zero attached hydrogens (tertiary/aromatic N) is 2. The summed E-state index contributed by atoms with van der Waals surface area (Å²) >= 11 is 0. The molecule has 0 saturated carbocycles. The summed E-state index contributed by atoms with van der Waals surface area (Å²) in [6.45, 7) is 4.36. The van der Waals surface area contributed by atoms with Gasteiger partial charge in [0.15, 0.2) is 6.61 Å². The summed E-state index contributed by atoms with van der Waals surface area (Å²) < 4.78 is 10.4. The topological polar surface area (TPSA) is 68.7 Å². The molecule has 1 heterocycles. The van der Waals surface area contributed by atoms with E-state index < -0.39 is 0 Å². The third-order valence-electron chi connectivity index (χ3n) is 3.94. The quantitative estimate of drug-likeness (QED) is 0.680. The monoisotopic (exact) mass is 356 g/mol. The smallest absolute Gasteiger partial charge is 0.307 e. The molecule has 1 amide bonds. The molecule has 2 aromatic rings. The minimum absolute atomic E-state index is 0.0989. The second kappa shape index (κ2) is 9.56. The molecule has 26 heavy (non-hydrogen) atoms. The van der Waals surface area contributed by atoms with Gasteiger partial charge in [0, 0.05) is 12.7 Å². The van der Waals surface area contributed by atoms with Crippen molar-refractivity contribution in [2.75, 3.05) is 20.3 Å². The van der Waals surface area contributed by atoms with E-state index in [1.54, 1.807) is 11.1 Å². The number of carbonyl (C=O) groups excluding carboxylic acids is 2. The number of ether oxygens (including phenoxy) is 2. The number of esters is 1. The van der Waals surface area contributed by atoms with Gasteiger partial charge in [0.1, 0.15) is 5.75 Å². The first-order valence-corrected chi connectivity index (χ1v) is 8.44. The van der Waals surface area contributed by atoms with Crippen molar-refractivity contribution >= 4 is 11.9 Å². The van der Waals surface area contributed by atoms with E-state index in [2.05, 4.69) is 9.72 Å². The molecule has 0 radical (unpaired) electrons. The van der Waals surface area contributed by atoms with Crippen molar-refractivity contribution in [3.63, 3.8) is 0 Å². The first kappa shape index (κ1) is 19.4. The highest BCUT2D eigenvalue weighted by Crippen LogP contribution is 2.19. The Balaban J connectivity index is 2.03. The van der Waals surface area contributed by atoms with Gasteiger partial charge in [-0.3, -0.25) is 14.6 Å². The summed E-state index contributed by atoms with van der Waals surface area (Å²) in [5.41, 5.74) is 2.78. The summed E-state index contributed by atoms with van der Waals surface area (Å²) in [7, 11) is 1.33. The number of aryl methyl sites for hydroxylation is 2. The van der Waals surface area contributed by atoms with E-state index in [4.69, 9.17) is 4.74 Å². The van der Waals surface area contributed by atoms with Crippen LogP contribution in [-0.4, -0.2) is 42.0 Å². The van der Waals surface area contributed by atoms with Crippen LogP contribution >= 0.6 is 0 Å². The van der Waals surface area contributed by atoms with Crippen molar-refractivity contribution in [2.45, 2.75) is 26.8 Å². The van der Waals surface area contributed by atoms with Crippen molar-refractivity contribution in [2.24, 2.45) is 0 Å². The van der Waals surface area contributed by atoms with Crippen LogP contribution in [0, 0.1) is 13.8 Å². The number of benzene rings is 1. The van der Waals surface area contributed by atoms with Crippen LogP contribution in [0.4, 0.5) is 0 Å². The van der Waals surface area contributed by atoms with Gasteiger partial charge in [-0.05, 0) is 43.2 Å². The van der Waals surface area contributed by atoms with Crippen molar-refractivity contribution in [1.29, 1.82) is 0 Å². The summed E-state index contributed by atoms with van der Waals surface area (Å²) in [5.74, 6) is 0.115. The minimum atomic E-state index is -0.362. The van der Waals surface area contributed by atoms with E-state index in [0.29, 0.717) is 12.3 Å². The van der Waals surface area contributed by atoms with Crippen LogP contribution in [0.25, 0.3) is 0 Å². The molecule has 0 atom stereocenters. The lowest BCUT2D eigenvalue weighted by Gasteiger charge is -2.22. The Labute approximate surface area is 153 Å². The molecule has 0 saturated heterocycles. The number of amides is 1. The zero-order valence-corrected chi connectivity index (χ0v) is 15.4. The average molecular weight is 356 g/mol. The standard InChI is InChI=1S/C20H24N2O4/c1-15-7-8-16(2)18(12-15)26-14-19(23)22(11-9-20(24)25-3)13-17-6-4-5-10-21-17/h4-8,10,12H,9,11,13-14H2,1-3H3. The van der Waals surface area contributed by atoms with E-state index in [9.17, 15) is 9.59 Å². The van der Waals surface area contributed by atoms with Gasteiger partial charge in [0.2, 0.25) is 0 Å². The molecule has 2 rings (SSSR count). The maximum absolute atomic E-state index is 12.6. The maximum Gasteiger partial charge on any atom is 0.307 e. The Hall–Kier alpha value is -2.89. The third-order valence-corrected chi connectivity index (χ3v) is 3.94. The molecule has 1 aromatic heterocycles. The van der Waals surface area contributed by atoms with E-state index in [1.807, 2.05) is 50.2 Å². The van der Waals surface area contributed by atoms with E-state index in [-0.39, 0.29) is 31.4 Å². The number of methoxy groups -OCH3 is 1. The van der Waals surface area contributed by atoms with Gasteiger partial charge in [0.05, 0.1) is 25.8 Å². The molecule has 0 N–H and O–H groups in total. The van der Waals surface area contributed by atoms with Crippen LogP contribution in [0.3, 0.4) is 0 Å². The van der Waals surface area contributed by atoms with Gasteiger partial charge < -0.3 is 14.4 Å². The van der Waals surface area contributed by atoms with Crippen LogP contribution < -0.4 is 4.74 Å². The first-order chi connectivity index (χ1) is 12.5. The van der Waals surface area contributed by atoms with Crippen molar-refractivity contribution in [1.82, 2.24) is 9.88 Å². The first-order valence-electron chi connectivity index (χ1n) is 8.44. The average Bonchev–Trinajstić information content (AvgIpc) is 2.66. The molecule has 0 fully saturated rings. The van der Waals surface area contributed by atoms with E-state index in [1.165, 1.54) is 7.11 Å². The Morgan fingerprint density at radius 3 is 2.65 bits per heavy atom. The largest absolute Gasteiger partial charge is 0.483 e. The molecule has 0 unspecified atom stereocenters. The maximum atomic E-state index is 12.6. The van der Waals surface area contributed by atoms with Crippen molar-refractivity contribution in [3.05, 3.63) is 59.4 Å². The van der Waals surface area contributed by atoms with Crippen molar-refractivity contribution in [3.8, 4) is 5.75 Å². The summed E-state index contributed by atoms with van der Waals surface area (Å²) in [6, 6.07) is 11.4. The fraction of sp³-hybridized carbons (Fsp3) is 0.350. The number of hydrogen-bond donors (Lipinski definition) is 0. The third kappa shape index (κ3) is 5.88. The second-order valence-corrected chi connectivity index (χ2v) is 6.02. The van der Waals surface area contributed by atoms with Gasteiger partial charge in [-0.15, -0.1) is 0 Å². The molecule has 6 heteroatoms. The molecular weight excluding hydrogens is 332 g/mol. The molecule has 0 aliphatic rings. The lowest BCUT2D eigenvalue weighted by molar-refractivity contribution is -0.142. The Kier molecular flexibility index (Phi) is 7.14. The van der Waals surface area contributed by atoms with Gasteiger partial charge in [-0.1, -0.05) is 18.2 Å². The fourth-order valence-corrected chi connectivity index (χ4v) is 2.40. The van der Waals surface area contributed by atoms with Crippen LogP contribution in [0.5, 0.6) is 5.75 Å². The normalized spacial score (nSPS) is 10.3. The molecule has 1 aromatic carbocycles. The minimum Gasteiger partial charge on any atom is -0.483 e.